The highest BCUT2D eigenvalue weighted by Crippen LogP contribution is 2.21. The molecule has 7 nitrogen and oxygen atoms in total. The van der Waals surface area contributed by atoms with Crippen LogP contribution < -0.4 is 10.2 Å². The van der Waals surface area contributed by atoms with Crippen molar-refractivity contribution >= 4 is 34.9 Å². The fourth-order valence-corrected chi connectivity index (χ4v) is 3.84. The summed E-state index contributed by atoms with van der Waals surface area (Å²) in [5, 5.41) is 3.51. The number of ether oxygens (including phenoxy) is 1. The molecule has 0 saturated carbocycles. The minimum Gasteiger partial charge on any atom is -0.467 e. The van der Waals surface area contributed by atoms with Crippen LogP contribution in [0.5, 0.6) is 0 Å². The van der Waals surface area contributed by atoms with E-state index in [1.165, 1.54) is 0 Å². The first-order valence-corrected chi connectivity index (χ1v) is 11.2. The van der Waals surface area contributed by atoms with Crippen LogP contribution >= 0.6 is 11.6 Å². The van der Waals surface area contributed by atoms with E-state index < -0.39 is 0 Å². The number of hydrogen-bond acceptors (Lipinski definition) is 4. The molecule has 33 heavy (non-hydrogen) atoms. The van der Waals surface area contributed by atoms with Gasteiger partial charge in [-0.3, -0.25) is 4.79 Å². The first kappa shape index (κ1) is 22.9. The highest BCUT2D eigenvalue weighted by atomic mass is 35.5. The second-order valence-corrected chi connectivity index (χ2v) is 8.38. The molecule has 0 aliphatic carbocycles. The van der Waals surface area contributed by atoms with Gasteiger partial charge in [-0.15, -0.1) is 0 Å². The average Bonchev–Trinajstić information content (AvgIpc) is 3.53. The lowest BCUT2D eigenvalue weighted by Gasteiger charge is -2.25. The molecule has 1 aliphatic rings. The van der Waals surface area contributed by atoms with Gasteiger partial charge >= 0.3 is 6.03 Å². The third-order valence-corrected chi connectivity index (χ3v) is 5.82. The molecular formula is C25H26ClN3O4. The molecule has 1 unspecified atom stereocenters. The lowest BCUT2D eigenvalue weighted by Crippen LogP contribution is -2.39. The molecule has 8 heteroatoms. The molecule has 4 rings (SSSR count). The van der Waals surface area contributed by atoms with Gasteiger partial charge in [-0.05, 0) is 73.5 Å². The van der Waals surface area contributed by atoms with Crippen molar-refractivity contribution in [2.45, 2.75) is 25.5 Å². The van der Waals surface area contributed by atoms with Gasteiger partial charge in [-0.25, -0.2) is 4.79 Å². The van der Waals surface area contributed by atoms with Crippen molar-refractivity contribution in [1.82, 2.24) is 4.90 Å². The molecule has 1 aromatic heterocycles. The van der Waals surface area contributed by atoms with E-state index in [0.717, 1.165) is 19.4 Å². The number of halogens is 1. The predicted octanol–water partition coefficient (Wildman–Crippen LogP) is 5.42. The first-order chi connectivity index (χ1) is 16.0. The smallest absolute Gasteiger partial charge is 0.322 e. The molecule has 3 aromatic rings. The van der Waals surface area contributed by atoms with Gasteiger partial charge in [0.15, 0.2) is 0 Å². The van der Waals surface area contributed by atoms with Gasteiger partial charge in [0.1, 0.15) is 5.76 Å². The Morgan fingerprint density at radius 1 is 1.09 bits per heavy atom. The number of benzene rings is 2. The van der Waals surface area contributed by atoms with Gasteiger partial charge in [-0.2, -0.15) is 0 Å². The van der Waals surface area contributed by atoms with Crippen LogP contribution in [0.4, 0.5) is 16.2 Å². The molecule has 0 radical (unpaired) electrons. The second kappa shape index (κ2) is 10.6. The second-order valence-electron chi connectivity index (χ2n) is 7.94. The largest absolute Gasteiger partial charge is 0.467 e. The standard InChI is InChI=1S/C25H26ClN3O4/c1-28(24(30)18-6-8-19(26)9-7-18)21-12-10-20(11-13-21)27-25(31)29(16-22-4-2-14-32-22)17-23-5-3-15-33-23/h2,4,6-14,23H,3,5,15-17H2,1H3,(H,27,31). The molecule has 1 saturated heterocycles. The van der Waals surface area contributed by atoms with E-state index in [4.69, 9.17) is 20.8 Å². The van der Waals surface area contributed by atoms with E-state index in [9.17, 15) is 9.59 Å². The van der Waals surface area contributed by atoms with Crippen molar-refractivity contribution in [3.05, 3.63) is 83.3 Å². The zero-order valence-corrected chi connectivity index (χ0v) is 19.1. The molecule has 0 bridgehead atoms. The summed E-state index contributed by atoms with van der Waals surface area (Å²) in [5.74, 6) is 0.561. The Labute approximate surface area is 197 Å². The Kier molecular flexibility index (Phi) is 7.32. The Morgan fingerprint density at radius 2 is 1.85 bits per heavy atom. The molecule has 172 valence electrons. The van der Waals surface area contributed by atoms with Crippen molar-refractivity contribution in [3.63, 3.8) is 0 Å². The molecule has 1 fully saturated rings. The van der Waals surface area contributed by atoms with Gasteiger partial charge in [0, 0.05) is 42.2 Å². The molecule has 1 atom stereocenters. The maximum absolute atomic E-state index is 13.0. The number of furan rings is 1. The third-order valence-electron chi connectivity index (χ3n) is 5.56. The quantitative estimate of drug-likeness (QED) is 0.503. The molecule has 1 N–H and O–H groups in total. The zero-order chi connectivity index (χ0) is 23.2. The minimum absolute atomic E-state index is 0.0284. The zero-order valence-electron chi connectivity index (χ0n) is 18.4. The lowest BCUT2D eigenvalue weighted by atomic mass is 10.2. The molecular weight excluding hydrogens is 442 g/mol. The van der Waals surface area contributed by atoms with Crippen LogP contribution in [-0.2, 0) is 11.3 Å². The van der Waals surface area contributed by atoms with Crippen molar-refractivity contribution in [1.29, 1.82) is 0 Å². The first-order valence-electron chi connectivity index (χ1n) is 10.8. The minimum atomic E-state index is -0.236. The number of urea groups is 1. The summed E-state index contributed by atoms with van der Waals surface area (Å²) in [4.78, 5) is 29.0. The van der Waals surface area contributed by atoms with Gasteiger partial charge in [0.2, 0.25) is 0 Å². The summed E-state index contributed by atoms with van der Waals surface area (Å²) in [5.41, 5.74) is 1.88. The number of nitrogens with zero attached hydrogens (tertiary/aromatic N) is 2. The van der Waals surface area contributed by atoms with Crippen molar-refractivity contribution in [2.75, 3.05) is 30.4 Å². The van der Waals surface area contributed by atoms with Crippen LogP contribution in [0, 0.1) is 0 Å². The van der Waals surface area contributed by atoms with E-state index in [2.05, 4.69) is 5.32 Å². The molecule has 3 amide bonds. The summed E-state index contributed by atoms with van der Waals surface area (Å²) in [7, 11) is 1.71. The van der Waals surface area contributed by atoms with Crippen LogP contribution in [0.2, 0.25) is 5.02 Å². The maximum atomic E-state index is 13.0. The monoisotopic (exact) mass is 467 g/mol. The van der Waals surface area contributed by atoms with Crippen LogP contribution in [0.15, 0.2) is 71.3 Å². The number of nitrogens with one attached hydrogen (secondary N) is 1. The maximum Gasteiger partial charge on any atom is 0.322 e. The van der Waals surface area contributed by atoms with Gasteiger partial charge in [-0.1, -0.05) is 11.6 Å². The van der Waals surface area contributed by atoms with E-state index in [-0.39, 0.29) is 18.0 Å². The van der Waals surface area contributed by atoms with Crippen molar-refractivity contribution in [3.8, 4) is 0 Å². The van der Waals surface area contributed by atoms with Crippen molar-refractivity contribution < 1.29 is 18.7 Å². The molecule has 1 aliphatic heterocycles. The van der Waals surface area contributed by atoms with Gasteiger partial charge < -0.3 is 24.3 Å². The Hall–Kier alpha value is -3.29. The van der Waals surface area contributed by atoms with Crippen molar-refractivity contribution in [2.24, 2.45) is 0 Å². The average molecular weight is 468 g/mol. The molecule has 2 heterocycles. The highest BCUT2D eigenvalue weighted by molar-refractivity contribution is 6.30. The number of anilines is 2. The Balaban J connectivity index is 1.41. The van der Waals surface area contributed by atoms with Crippen LogP contribution in [-0.4, -0.2) is 43.1 Å². The third kappa shape index (κ3) is 5.94. The highest BCUT2D eigenvalue weighted by Gasteiger charge is 2.24. The summed E-state index contributed by atoms with van der Waals surface area (Å²) >= 11 is 5.91. The van der Waals surface area contributed by atoms with E-state index in [1.54, 1.807) is 77.7 Å². The fraction of sp³-hybridized carbons (Fsp3) is 0.280. The van der Waals surface area contributed by atoms with E-state index in [0.29, 0.717) is 40.8 Å². The Bertz CT molecular complexity index is 1060. The van der Waals surface area contributed by atoms with Crippen LogP contribution in [0.1, 0.15) is 29.0 Å². The number of carbonyl (C=O) groups is 2. The molecule has 0 spiro atoms. The topological polar surface area (TPSA) is 75.0 Å². The summed E-state index contributed by atoms with van der Waals surface area (Å²) in [6.45, 7) is 1.57. The van der Waals surface area contributed by atoms with Gasteiger partial charge in [0.25, 0.3) is 5.91 Å². The Morgan fingerprint density at radius 3 is 2.48 bits per heavy atom. The number of rotatable bonds is 7. The van der Waals surface area contributed by atoms with Crippen LogP contribution in [0.25, 0.3) is 0 Å². The normalized spacial score (nSPS) is 15.3. The summed E-state index contributed by atoms with van der Waals surface area (Å²) in [6.07, 6.45) is 3.56. The van der Waals surface area contributed by atoms with E-state index in [1.807, 2.05) is 6.07 Å². The number of carbonyl (C=O) groups excluding carboxylic acids is 2. The lowest BCUT2D eigenvalue weighted by molar-refractivity contribution is 0.0803. The SMILES string of the molecule is CN(C(=O)c1ccc(Cl)cc1)c1ccc(NC(=O)N(Cc2ccco2)CC2CCCO2)cc1. The summed E-state index contributed by atoms with van der Waals surface area (Å²) in [6, 6.07) is 17.3. The predicted molar refractivity (Wildman–Crippen MR) is 128 cm³/mol. The number of hydrogen-bond donors (Lipinski definition) is 1. The van der Waals surface area contributed by atoms with E-state index >= 15 is 0 Å². The number of amides is 3. The molecule has 2 aromatic carbocycles. The van der Waals surface area contributed by atoms with Gasteiger partial charge in [0.05, 0.1) is 18.9 Å². The fourth-order valence-electron chi connectivity index (χ4n) is 3.72. The summed E-state index contributed by atoms with van der Waals surface area (Å²) < 4.78 is 11.1. The van der Waals surface area contributed by atoms with Crippen LogP contribution in [0.3, 0.4) is 0 Å².